The summed E-state index contributed by atoms with van der Waals surface area (Å²) in [6.45, 7) is 13.6. The number of imidazole rings is 1. The molecule has 0 unspecified atom stereocenters. The highest BCUT2D eigenvalue weighted by Crippen LogP contribution is 2.59. The van der Waals surface area contributed by atoms with Crippen LogP contribution in [0.4, 0.5) is 5.95 Å². The Morgan fingerprint density at radius 3 is 2.71 bits per heavy atom. The third-order valence-corrected chi connectivity index (χ3v) is 4.22. The van der Waals surface area contributed by atoms with Crippen molar-refractivity contribution < 1.29 is 4.79 Å². The Morgan fingerprint density at radius 1 is 1.48 bits per heavy atom. The van der Waals surface area contributed by atoms with Crippen LogP contribution < -0.4 is 5.32 Å². The van der Waals surface area contributed by atoms with Crippen molar-refractivity contribution in [2.24, 2.45) is 23.2 Å². The molecular weight excluding hydrogens is 262 g/mol. The summed E-state index contributed by atoms with van der Waals surface area (Å²) in [5.41, 5.74) is 1.31. The van der Waals surface area contributed by atoms with Crippen molar-refractivity contribution in [1.82, 2.24) is 9.55 Å². The Kier molecular flexibility index (Phi) is 4.26. The van der Waals surface area contributed by atoms with Crippen LogP contribution in [0.1, 0.15) is 41.5 Å². The van der Waals surface area contributed by atoms with Crippen molar-refractivity contribution in [3.63, 3.8) is 0 Å². The number of carbonyl (C=O) groups excluding carboxylic acids is 1. The molecule has 0 saturated heterocycles. The van der Waals surface area contributed by atoms with E-state index in [1.54, 1.807) is 6.20 Å². The van der Waals surface area contributed by atoms with Gasteiger partial charge >= 0.3 is 0 Å². The zero-order valence-corrected chi connectivity index (χ0v) is 14.0. The van der Waals surface area contributed by atoms with Crippen LogP contribution in [0.5, 0.6) is 0 Å². The van der Waals surface area contributed by atoms with Crippen molar-refractivity contribution in [1.29, 1.82) is 0 Å². The standard InChI is InChI=1S/C17H27N3O/c1-11(2)9-13-14(17(13,5)6)15(21)19-16-18-7-8-20(16)10-12(3)4/h7-9,12-14H,10H2,1-6H3,(H,18,19,21)/t13-,14-/m0/s1. The van der Waals surface area contributed by atoms with E-state index in [2.05, 4.69) is 57.9 Å². The average Bonchev–Trinajstić information content (AvgIpc) is 2.67. The first-order valence-corrected chi connectivity index (χ1v) is 7.70. The summed E-state index contributed by atoms with van der Waals surface area (Å²) in [4.78, 5) is 16.8. The fraction of sp³-hybridized carbons (Fsp3) is 0.647. The van der Waals surface area contributed by atoms with Crippen LogP contribution in [0.25, 0.3) is 0 Å². The predicted octanol–water partition coefficient (Wildman–Crippen LogP) is 3.72. The molecule has 0 spiro atoms. The van der Waals surface area contributed by atoms with Crippen molar-refractivity contribution in [3.8, 4) is 0 Å². The van der Waals surface area contributed by atoms with Gasteiger partial charge in [-0.2, -0.15) is 0 Å². The van der Waals surface area contributed by atoms with Crippen LogP contribution in [0.2, 0.25) is 0 Å². The molecule has 0 bridgehead atoms. The van der Waals surface area contributed by atoms with E-state index in [0.29, 0.717) is 17.8 Å². The van der Waals surface area contributed by atoms with Crippen molar-refractivity contribution in [2.75, 3.05) is 5.32 Å². The first-order chi connectivity index (χ1) is 9.73. The van der Waals surface area contributed by atoms with E-state index in [1.807, 2.05) is 10.8 Å². The molecule has 4 nitrogen and oxygen atoms in total. The predicted molar refractivity (Wildman–Crippen MR) is 85.9 cm³/mol. The molecule has 2 atom stereocenters. The molecule has 0 aromatic carbocycles. The van der Waals surface area contributed by atoms with E-state index in [-0.39, 0.29) is 17.2 Å². The van der Waals surface area contributed by atoms with Crippen LogP contribution in [-0.2, 0) is 11.3 Å². The summed E-state index contributed by atoms with van der Waals surface area (Å²) < 4.78 is 2.01. The van der Waals surface area contributed by atoms with E-state index in [4.69, 9.17) is 0 Å². The van der Waals surface area contributed by atoms with Crippen molar-refractivity contribution >= 4 is 11.9 Å². The van der Waals surface area contributed by atoms with Gasteiger partial charge in [0.2, 0.25) is 11.9 Å². The number of nitrogens with zero attached hydrogens (tertiary/aromatic N) is 2. The third kappa shape index (κ3) is 3.36. The molecule has 0 aliphatic heterocycles. The van der Waals surface area contributed by atoms with Crippen LogP contribution in [0.15, 0.2) is 24.0 Å². The first-order valence-electron chi connectivity index (χ1n) is 7.70. The van der Waals surface area contributed by atoms with Gasteiger partial charge in [0.05, 0.1) is 5.92 Å². The number of allylic oxidation sites excluding steroid dienone is 2. The molecule has 1 aromatic rings. The second kappa shape index (κ2) is 5.66. The van der Waals surface area contributed by atoms with Crippen LogP contribution in [-0.4, -0.2) is 15.5 Å². The van der Waals surface area contributed by atoms with Crippen molar-refractivity contribution in [3.05, 3.63) is 24.0 Å². The molecule has 1 N–H and O–H groups in total. The van der Waals surface area contributed by atoms with E-state index >= 15 is 0 Å². The lowest BCUT2D eigenvalue weighted by Crippen LogP contribution is -2.20. The van der Waals surface area contributed by atoms with Gasteiger partial charge in [0.15, 0.2) is 0 Å². The Hall–Kier alpha value is -1.58. The monoisotopic (exact) mass is 289 g/mol. The molecule has 21 heavy (non-hydrogen) atoms. The Bertz CT molecular complexity index is 550. The summed E-state index contributed by atoms with van der Waals surface area (Å²) in [5, 5.41) is 3.00. The van der Waals surface area contributed by atoms with Gasteiger partial charge in [0, 0.05) is 18.9 Å². The fourth-order valence-corrected chi connectivity index (χ4v) is 3.01. The zero-order valence-electron chi connectivity index (χ0n) is 14.0. The van der Waals surface area contributed by atoms with Crippen LogP contribution in [0.3, 0.4) is 0 Å². The van der Waals surface area contributed by atoms with Gasteiger partial charge in [0.1, 0.15) is 0 Å². The highest BCUT2D eigenvalue weighted by molar-refractivity contribution is 5.94. The number of hydrogen-bond acceptors (Lipinski definition) is 2. The number of hydrogen-bond donors (Lipinski definition) is 1. The lowest BCUT2D eigenvalue weighted by atomic mass is 10.1. The maximum absolute atomic E-state index is 12.5. The van der Waals surface area contributed by atoms with Gasteiger partial charge in [-0.1, -0.05) is 39.3 Å². The maximum atomic E-state index is 12.5. The molecule has 1 aromatic heterocycles. The number of aromatic nitrogens is 2. The lowest BCUT2D eigenvalue weighted by Gasteiger charge is -2.11. The normalized spacial score (nSPS) is 23.0. The number of rotatable bonds is 5. The number of anilines is 1. The molecule has 1 aliphatic carbocycles. The lowest BCUT2D eigenvalue weighted by molar-refractivity contribution is -0.118. The number of carbonyl (C=O) groups is 1. The summed E-state index contributed by atoms with van der Waals surface area (Å²) in [5.74, 6) is 1.63. The van der Waals surface area contributed by atoms with E-state index in [9.17, 15) is 4.79 Å². The maximum Gasteiger partial charge on any atom is 0.230 e. The highest BCUT2D eigenvalue weighted by atomic mass is 16.2. The van der Waals surface area contributed by atoms with Gasteiger partial charge in [0.25, 0.3) is 0 Å². The van der Waals surface area contributed by atoms with Gasteiger partial charge in [-0.25, -0.2) is 4.98 Å². The zero-order chi connectivity index (χ0) is 15.8. The topological polar surface area (TPSA) is 46.9 Å². The van der Waals surface area contributed by atoms with Gasteiger partial charge < -0.3 is 4.57 Å². The number of amides is 1. The second-order valence-corrected chi connectivity index (χ2v) is 7.36. The average molecular weight is 289 g/mol. The molecule has 2 rings (SSSR count). The van der Waals surface area contributed by atoms with E-state index in [1.165, 1.54) is 5.57 Å². The third-order valence-electron chi connectivity index (χ3n) is 4.22. The minimum absolute atomic E-state index is 0.0385. The largest absolute Gasteiger partial charge is 0.317 e. The summed E-state index contributed by atoms with van der Waals surface area (Å²) >= 11 is 0. The Labute approximate surface area is 127 Å². The molecule has 1 aliphatic rings. The Balaban J connectivity index is 2.06. The second-order valence-electron chi connectivity index (χ2n) is 7.36. The quantitative estimate of drug-likeness (QED) is 0.840. The highest BCUT2D eigenvalue weighted by Gasteiger charge is 2.60. The number of nitrogens with one attached hydrogen (secondary N) is 1. The summed E-state index contributed by atoms with van der Waals surface area (Å²) in [7, 11) is 0. The molecule has 116 valence electrons. The minimum atomic E-state index is 0.0385. The smallest absolute Gasteiger partial charge is 0.230 e. The molecular formula is C17H27N3O. The minimum Gasteiger partial charge on any atom is -0.317 e. The Morgan fingerprint density at radius 2 is 2.14 bits per heavy atom. The molecule has 0 radical (unpaired) electrons. The van der Waals surface area contributed by atoms with E-state index < -0.39 is 0 Å². The van der Waals surface area contributed by atoms with Gasteiger partial charge in [-0.15, -0.1) is 0 Å². The van der Waals surface area contributed by atoms with Gasteiger partial charge in [-0.05, 0) is 31.1 Å². The van der Waals surface area contributed by atoms with Crippen LogP contribution in [0, 0.1) is 23.2 Å². The first kappa shape index (κ1) is 15.8. The summed E-state index contributed by atoms with van der Waals surface area (Å²) in [6.07, 6.45) is 5.87. The molecule has 1 heterocycles. The SMILES string of the molecule is CC(C)=C[C@H]1[C@@H](C(=O)Nc2nccn2CC(C)C)C1(C)C. The summed E-state index contributed by atoms with van der Waals surface area (Å²) in [6, 6.07) is 0. The molecule has 1 saturated carbocycles. The molecule has 1 fully saturated rings. The fourth-order valence-electron chi connectivity index (χ4n) is 3.01. The van der Waals surface area contributed by atoms with Crippen molar-refractivity contribution in [2.45, 2.75) is 48.1 Å². The van der Waals surface area contributed by atoms with Gasteiger partial charge in [-0.3, -0.25) is 10.1 Å². The van der Waals surface area contributed by atoms with E-state index in [0.717, 1.165) is 6.54 Å². The molecule has 4 heteroatoms. The molecule has 1 amide bonds. The van der Waals surface area contributed by atoms with Crippen LogP contribution >= 0.6 is 0 Å².